The van der Waals surface area contributed by atoms with E-state index in [4.69, 9.17) is 5.84 Å². The Labute approximate surface area is 68.0 Å². The minimum atomic E-state index is -0.450. The summed E-state index contributed by atoms with van der Waals surface area (Å²) in [6.45, 7) is 0. The van der Waals surface area contributed by atoms with Crippen LogP contribution in [-0.2, 0) is 0 Å². The zero-order valence-corrected chi connectivity index (χ0v) is 6.44. The first kappa shape index (κ1) is 8.41. The standard InChI is InChI=1S/C6H8N4O2/c1-10(7)6(12)4-2-5(11)9-8-3-4/h2-3H,7H2,1H3,(H,9,11). The van der Waals surface area contributed by atoms with E-state index in [9.17, 15) is 9.59 Å². The summed E-state index contributed by atoms with van der Waals surface area (Å²) in [6, 6.07) is 1.14. The van der Waals surface area contributed by atoms with Crippen molar-refractivity contribution < 1.29 is 4.79 Å². The largest absolute Gasteiger partial charge is 0.280 e. The van der Waals surface area contributed by atoms with Gasteiger partial charge in [-0.2, -0.15) is 5.10 Å². The Morgan fingerprint density at radius 3 is 2.92 bits per heavy atom. The molecule has 0 spiro atoms. The maximum absolute atomic E-state index is 11.1. The molecule has 0 saturated heterocycles. The van der Waals surface area contributed by atoms with E-state index in [2.05, 4.69) is 10.2 Å². The van der Waals surface area contributed by atoms with Crippen LogP contribution in [0.4, 0.5) is 0 Å². The smallest absolute Gasteiger partial charge is 0.269 e. The van der Waals surface area contributed by atoms with Crippen molar-refractivity contribution in [2.45, 2.75) is 0 Å². The number of aromatic amines is 1. The van der Waals surface area contributed by atoms with Crippen LogP contribution < -0.4 is 11.4 Å². The SMILES string of the molecule is CN(N)C(=O)c1cn[nH]c(=O)c1. The fourth-order valence-electron chi connectivity index (χ4n) is 0.697. The van der Waals surface area contributed by atoms with E-state index in [0.717, 1.165) is 11.1 Å². The van der Waals surface area contributed by atoms with Gasteiger partial charge >= 0.3 is 0 Å². The van der Waals surface area contributed by atoms with Crippen molar-refractivity contribution in [2.75, 3.05) is 7.05 Å². The van der Waals surface area contributed by atoms with Crippen LogP contribution in [0.2, 0.25) is 0 Å². The van der Waals surface area contributed by atoms with Crippen molar-refractivity contribution in [3.8, 4) is 0 Å². The van der Waals surface area contributed by atoms with E-state index >= 15 is 0 Å². The van der Waals surface area contributed by atoms with Crippen LogP contribution in [0.25, 0.3) is 0 Å². The highest BCUT2D eigenvalue weighted by molar-refractivity contribution is 5.93. The van der Waals surface area contributed by atoms with Crippen LogP contribution in [0.3, 0.4) is 0 Å². The summed E-state index contributed by atoms with van der Waals surface area (Å²) in [6.07, 6.45) is 1.24. The molecule has 0 aliphatic rings. The number of aromatic nitrogens is 2. The van der Waals surface area contributed by atoms with Gasteiger partial charge in [0.1, 0.15) is 0 Å². The molecule has 0 unspecified atom stereocenters. The highest BCUT2D eigenvalue weighted by Crippen LogP contribution is 1.93. The second-order valence-corrected chi connectivity index (χ2v) is 2.25. The molecule has 1 heterocycles. The van der Waals surface area contributed by atoms with Gasteiger partial charge in [0.05, 0.1) is 11.8 Å². The minimum absolute atomic E-state index is 0.170. The Hall–Kier alpha value is -1.69. The minimum Gasteiger partial charge on any atom is -0.280 e. The summed E-state index contributed by atoms with van der Waals surface area (Å²) in [5.41, 5.74) is -0.258. The van der Waals surface area contributed by atoms with Gasteiger partial charge in [0.25, 0.3) is 11.5 Å². The van der Waals surface area contributed by atoms with Gasteiger partial charge in [0, 0.05) is 13.1 Å². The number of carbonyl (C=O) groups is 1. The summed E-state index contributed by atoms with van der Waals surface area (Å²) in [5.74, 6) is 4.71. The zero-order valence-electron chi connectivity index (χ0n) is 6.44. The Bertz CT molecular complexity index is 343. The lowest BCUT2D eigenvalue weighted by Gasteiger charge is -2.07. The van der Waals surface area contributed by atoms with Crippen LogP contribution in [0.15, 0.2) is 17.1 Å². The van der Waals surface area contributed by atoms with Crippen molar-refractivity contribution in [3.05, 3.63) is 28.2 Å². The van der Waals surface area contributed by atoms with Crippen molar-refractivity contribution in [1.82, 2.24) is 15.2 Å². The van der Waals surface area contributed by atoms with E-state index < -0.39 is 11.5 Å². The van der Waals surface area contributed by atoms with Gasteiger partial charge in [0.2, 0.25) is 0 Å². The van der Waals surface area contributed by atoms with Crippen molar-refractivity contribution in [2.24, 2.45) is 5.84 Å². The molecular formula is C6H8N4O2. The molecule has 6 nitrogen and oxygen atoms in total. The van der Waals surface area contributed by atoms with E-state index in [0.29, 0.717) is 0 Å². The number of hydrazine groups is 1. The van der Waals surface area contributed by atoms with Crippen molar-refractivity contribution >= 4 is 5.91 Å². The normalized spacial score (nSPS) is 9.50. The number of carbonyl (C=O) groups excluding carboxylic acids is 1. The summed E-state index contributed by atoms with van der Waals surface area (Å²) < 4.78 is 0. The quantitative estimate of drug-likeness (QED) is 0.310. The summed E-state index contributed by atoms with van der Waals surface area (Å²) >= 11 is 0. The third kappa shape index (κ3) is 1.67. The second-order valence-electron chi connectivity index (χ2n) is 2.25. The van der Waals surface area contributed by atoms with E-state index in [1.807, 2.05) is 0 Å². The Morgan fingerprint density at radius 1 is 1.75 bits per heavy atom. The monoisotopic (exact) mass is 168 g/mol. The number of nitrogens with zero attached hydrogens (tertiary/aromatic N) is 2. The van der Waals surface area contributed by atoms with Crippen LogP contribution in [0, 0.1) is 0 Å². The van der Waals surface area contributed by atoms with Gasteiger partial charge in [0.15, 0.2) is 0 Å². The highest BCUT2D eigenvalue weighted by Gasteiger charge is 2.08. The van der Waals surface area contributed by atoms with E-state index in [1.165, 1.54) is 13.2 Å². The third-order valence-corrected chi connectivity index (χ3v) is 1.23. The molecule has 1 rings (SSSR count). The number of H-pyrrole nitrogens is 1. The van der Waals surface area contributed by atoms with Gasteiger partial charge in [-0.25, -0.2) is 10.9 Å². The summed E-state index contributed by atoms with van der Waals surface area (Å²) in [5, 5.41) is 6.48. The Balaban J connectivity index is 3.04. The van der Waals surface area contributed by atoms with Crippen LogP contribution >= 0.6 is 0 Å². The van der Waals surface area contributed by atoms with Crippen molar-refractivity contribution in [3.63, 3.8) is 0 Å². The van der Waals surface area contributed by atoms with Gasteiger partial charge in [-0.15, -0.1) is 0 Å². The van der Waals surface area contributed by atoms with Crippen molar-refractivity contribution in [1.29, 1.82) is 0 Å². The Morgan fingerprint density at radius 2 is 2.42 bits per heavy atom. The Kier molecular flexibility index (Phi) is 2.20. The first-order chi connectivity index (χ1) is 5.61. The lowest BCUT2D eigenvalue weighted by Crippen LogP contribution is -2.33. The molecule has 0 saturated carbocycles. The fraction of sp³-hybridized carbons (Fsp3) is 0.167. The second kappa shape index (κ2) is 3.14. The number of nitrogens with two attached hydrogens (primary N) is 1. The number of hydrogen-bond donors (Lipinski definition) is 2. The molecule has 0 aromatic carbocycles. The maximum atomic E-state index is 11.1. The van der Waals surface area contributed by atoms with Gasteiger partial charge in [-0.1, -0.05) is 0 Å². The summed E-state index contributed by atoms with van der Waals surface area (Å²) in [4.78, 5) is 21.8. The molecule has 1 aromatic heterocycles. The topological polar surface area (TPSA) is 92.1 Å². The molecule has 3 N–H and O–H groups in total. The number of nitrogens with one attached hydrogen (secondary N) is 1. The molecule has 1 aromatic rings. The van der Waals surface area contributed by atoms with Gasteiger partial charge in [-0.3, -0.25) is 14.6 Å². The first-order valence-corrected chi connectivity index (χ1v) is 3.19. The molecule has 0 aliphatic heterocycles. The predicted molar refractivity (Wildman–Crippen MR) is 41.1 cm³/mol. The van der Waals surface area contributed by atoms with Gasteiger partial charge in [-0.05, 0) is 0 Å². The summed E-state index contributed by atoms with van der Waals surface area (Å²) in [7, 11) is 1.39. The maximum Gasteiger partial charge on any atom is 0.269 e. The molecule has 0 fully saturated rings. The number of hydrogen-bond acceptors (Lipinski definition) is 4. The zero-order chi connectivity index (χ0) is 9.14. The number of rotatable bonds is 1. The van der Waals surface area contributed by atoms with E-state index in [1.54, 1.807) is 0 Å². The predicted octanol–water partition coefficient (Wildman–Crippen LogP) is -1.28. The van der Waals surface area contributed by atoms with Gasteiger partial charge < -0.3 is 0 Å². The molecule has 0 bridgehead atoms. The number of amides is 1. The lowest BCUT2D eigenvalue weighted by atomic mass is 10.3. The lowest BCUT2D eigenvalue weighted by molar-refractivity contribution is 0.0794. The van der Waals surface area contributed by atoms with Crippen LogP contribution in [-0.4, -0.2) is 28.2 Å². The fourth-order valence-corrected chi connectivity index (χ4v) is 0.697. The molecule has 1 amide bonds. The molecule has 64 valence electrons. The van der Waals surface area contributed by atoms with E-state index in [-0.39, 0.29) is 5.56 Å². The first-order valence-electron chi connectivity index (χ1n) is 3.19. The highest BCUT2D eigenvalue weighted by atomic mass is 16.2. The molecular weight excluding hydrogens is 160 g/mol. The molecule has 6 heteroatoms. The van der Waals surface area contributed by atoms with Crippen LogP contribution in [0.1, 0.15) is 10.4 Å². The third-order valence-electron chi connectivity index (χ3n) is 1.23. The van der Waals surface area contributed by atoms with Crippen LogP contribution in [0.5, 0.6) is 0 Å². The average Bonchev–Trinajstić information content (AvgIpc) is 2.03. The molecule has 0 radical (unpaired) electrons. The molecule has 12 heavy (non-hydrogen) atoms. The molecule has 0 aliphatic carbocycles. The average molecular weight is 168 g/mol. The molecule has 0 atom stereocenters.